The van der Waals surface area contributed by atoms with Gasteiger partial charge in [0.25, 0.3) is 0 Å². The summed E-state index contributed by atoms with van der Waals surface area (Å²) in [5.74, 6) is -0.517. The molecule has 326 valence electrons. The van der Waals surface area contributed by atoms with E-state index in [9.17, 15) is 19.8 Å². The lowest BCUT2D eigenvalue weighted by atomic mass is 10.0. The first-order valence-electron chi connectivity index (χ1n) is 23.9. The molecule has 0 aliphatic rings. The molecule has 0 aromatic rings. The molecule has 3 unspecified atom stereocenters. The van der Waals surface area contributed by atoms with Crippen LogP contribution in [0.4, 0.5) is 0 Å². The van der Waals surface area contributed by atoms with Gasteiger partial charge in [-0.3, -0.25) is 9.59 Å². The number of nitrogens with one attached hydrogen (secondary N) is 1. The van der Waals surface area contributed by atoms with Crippen LogP contribution in [0.5, 0.6) is 0 Å². The molecule has 0 spiro atoms. The molecule has 0 bridgehead atoms. The fraction of sp³-hybridized carbons (Fsp3) is 0.800. The number of unbranched alkanes of at least 4 members (excludes halogenated alkanes) is 25. The summed E-state index contributed by atoms with van der Waals surface area (Å²) in [7, 11) is 0. The topological polar surface area (TPSA) is 95.9 Å². The maximum Gasteiger partial charge on any atom is 0.306 e. The summed E-state index contributed by atoms with van der Waals surface area (Å²) in [6.45, 7) is 6.32. The molecule has 6 heteroatoms. The van der Waals surface area contributed by atoms with Gasteiger partial charge in [-0.25, -0.2) is 0 Å². The summed E-state index contributed by atoms with van der Waals surface area (Å²) in [6.07, 6.45) is 51.7. The summed E-state index contributed by atoms with van der Waals surface area (Å²) in [5, 5.41) is 23.7. The van der Waals surface area contributed by atoms with Gasteiger partial charge in [0, 0.05) is 6.42 Å². The standard InChI is InChI=1S/C50H91NO5/c1-4-7-10-13-16-19-22-24-26-27-30-33-36-39-42-48(53)47(45-52)51-49(54)44-46(41-38-35-32-29-21-18-15-12-9-6-3)56-50(55)43-40-37-34-31-28-25-23-20-17-14-11-8-5-2/h8,11,14,17,20,23,25,28,46-48,52-53H,4-7,9-10,12-13,15-16,18-19,21-22,24,26-27,29-45H2,1-3H3,(H,51,54)/b11-8+,17-14+,23-20-,28-25-. The Morgan fingerprint density at radius 1 is 0.536 bits per heavy atom. The highest BCUT2D eigenvalue weighted by Crippen LogP contribution is 2.18. The van der Waals surface area contributed by atoms with Gasteiger partial charge in [0.15, 0.2) is 0 Å². The van der Waals surface area contributed by atoms with Gasteiger partial charge in [-0.2, -0.15) is 0 Å². The highest BCUT2D eigenvalue weighted by Gasteiger charge is 2.24. The minimum Gasteiger partial charge on any atom is -0.462 e. The Hall–Kier alpha value is -2.18. The molecule has 0 saturated heterocycles. The second-order valence-corrected chi connectivity index (χ2v) is 16.2. The number of allylic oxidation sites excluding steroid dienone is 8. The highest BCUT2D eigenvalue weighted by atomic mass is 16.5. The second-order valence-electron chi connectivity index (χ2n) is 16.2. The molecule has 3 atom stereocenters. The van der Waals surface area contributed by atoms with Crippen LogP contribution in [0.15, 0.2) is 48.6 Å². The van der Waals surface area contributed by atoms with Crippen LogP contribution in [-0.4, -0.2) is 46.9 Å². The molecule has 0 fully saturated rings. The zero-order chi connectivity index (χ0) is 41.0. The van der Waals surface area contributed by atoms with Gasteiger partial charge in [0.2, 0.25) is 5.91 Å². The first kappa shape index (κ1) is 53.8. The van der Waals surface area contributed by atoms with Gasteiger partial charge in [0.05, 0.1) is 25.2 Å². The third kappa shape index (κ3) is 38.7. The van der Waals surface area contributed by atoms with Crippen molar-refractivity contribution in [3.05, 3.63) is 48.6 Å². The van der Waals surface area contributed by atoms with E-state index >= 15 is 0 Å². The molecule has 0 aliphatic heterocycles. The van der Waals surface area contributed by atoms with Crippen LogP contribution >= 0.6 is 0 Å². The van der Waals surface area contributed by atoms with Crippen LogP contribution in [0, 0.1) is 0 Å². The summed E-state index contributed by atoms with van der Waals surface area (Å²) in [4.78, 5) is 26.0. The molecule has 0 radical (unpaired) electrons. The van der Waals surface area contributed by atoms with E-state index in [4.69, 9.17) is 4.74 Å². The molecule has 0 aliphatic carbocycles. The molecule has 0 heterocycles. The first-order valence-corrected chi connectivity index (χ1v) is 23.9. The summed E-state index contributed by atoms with van der Waals surface area (Å²) >= 11 is 0. The number of carbonyl (C=O) groups excluding carboxylic acids is 2. The van der Waals surface area contributed by atoms with Crippen molar-refractivity contribution in [2.24, 2.45) is 0 Å². The van der Waals surface area contributed by atoms with Crippen molar-refractivity contribution >= 4 is 11.9 Å². The monoisotopic (exact) mass is 786 g/mol. The lowest BCUT2D eigenvalue weighted by Gasteiger charge is -2.24. The van der Waals surface area contributed by atoms with E-state index in [0.29, 0.717) is 19.3 Å². The number of carbonyl (C=O) groups is 2. The number of hydrogen-bond donors (Lipinski definition) is 3. The predicted molar refractivity (Wildman–Crippen MR) is 241 cm³/mol. The van der Waals surface area contributed by atoms with Crippen molar-refractivity contribution in [1.29, 1.82) is 0 Å². The SMILES string of the molecule is CC/C=C/C=C/C=C\C=C/CCCCCC(=O)OC(CCCCCCCCCCCC)CC(=O)NC(CO)C(O)CCCCCCCCCCCCCCCC. The Bertz CT molecular complexity index is 972. The Morgan fingerprint density at radius 2 is 0.964 bits per heavy atom. The van der Waals surface area contributed by atoms with E-state index in [-0.39, 0.29) is 24.9 Å². The van der Waals surface area contributed by atoms with E-state index in [1.807, 2.05) is 24.3 Å². The number of amides is 1. The zero-order valence-corrected chi connectivity index (χ0v) is 37.0. The minimum atomic E-state index is -0.792. The number of esters is 1. The van der Waals surface area contributed by atoms with Crippen molar-refractivity contribution < 1.29 is 24.5 Å². The maximum atomic E-state index is 13.1. The molecular weight excluding hydrogens is 695 g/mol. The van der Waals surface area contributed by atoms with E-state index in [2.05, 4.69) is 50.4 Å². The Balaban J connectivity index is 4.57. The Kier molecular flexibility index (Phi) is 42.2. The van der Waals surface area contributed by atoms with Crippen molar-refractivity contribution in [1.82, 2.24) is 5.32 Å². The molecular formula is C50H91NO5. The molecule has 6 nitrogen and oxygen atoms in total. The number of aliphatic hydroxyl groups is 2. The molecule has 0 rings (SSSR count). The lowest BCUT2D eigenvalue weighted by Crippen LogP contribution is -2.46. The molecule has 0 saturated carbocycles. The van der Waals surface area contributed by atoms with Crippen LogP contribution in [0.25, 0.3) is 0 Å². The van der Waals surface area contributed by atoms with E-state index in [1.165, 1.54) is 116 Å². The summed E-state index contributed by atoms with van der Waals surface area (Å²) in [6, 6.07) is -0.706. The largest absolute Gasteiger partial charge is 0.462 e. The minimum absolute atomic E-state index is 0.0631. The van der Waals surface area contributed by atoms with Crippen LogP contribution in [-0.2, 0) is 14.3 Å². The van der Waals surface area contributed by atoms with Crippen LogP contribution in [0.2, 0.25) is 0 Å². The number of ether oxygens (including phenoxy) is 1. The molecule has 0 aromatic heterocycles. The van der Waals surface area contributed by atoms with Crippen molar-refractivity contribution in [2.45, 2.75) is 251 Å². The van der Waals surface area contributed by atoms with Crippen LogP contribution in [0.3, 0.4) is 0 Å². The predicted octanol–water partition coefficient (Wildman–Crippen LogP) is 13.9. The smallest absolute Gasteiger partial charge is 0.306 e. The third-order valence-corrected chi connectivity index (χ3v) is 10.8. The normalized spacial score (nSPS) is 13.7. The Labute approximate surface area is 346 Å². The Morgan fingerprint density at radius 3 is 1.45 bits per heavy atom. The van der Waals surface area contributed by atoms with Gasteiger partial charge < -0.3 is 20.3 Å². The first-order chi connectivity index (χ1) is 27.5. The van der Waals surface area contributed by atoms with E-state index < -0.39 is 18.2 Å². The number of hydrogen-bond acceptors (Lipinski definition) is 5. The average Bonchev–Trinajstić information content (AvgIpc) is 3.19. The fourth-order valence-corrected chi connectivity index (χ4v) is 7.15. The second kappa shape index (κ2) is 43.9. The molecule has 56 heavy (non-hydrogen) atoms. The summed E-state index contributed by atoms with van der Waals surface area (Å²) in [5.41, 5.74) is 0. The third-order valence-electron chi connectivity index (χ3n) is 10.8. The number of rotatable bonds is 42. The molecule has 0 aromatic carbocycles. The average molecular weight is 786 g/mol. The fourth-order valence-electron chi connectivity index (χ4n) is 7.15. The van der Waals surface area contributed by atoms with Gasteiger partial charge in [-0.15, -0.1) is 0 Å². The van der Waals surface area contributed by atoms with Crippen LogP contribution < -0.4 is 5.32 Å². The zero-order valence-electron chi connectivity index (χ0n) is 37.0. The van der Waals surface area contributed by atoms with Crippen molar-refractivity contribution in [2.75, 3.05) is 6.61 Å². The van der Waals surface area contributed by atoms with Gasteiger partial charge in [0.1, 0.15) is 6.10 Å². The molecule has 3 N–H and O–H groups in total. The van der Waals surface area contributed by atoms with Crippen LogP contribution in [0.1, 0.15) is 233 Å². The van der Waals surface area contributed by atoms with Gasteiger partial charge in [-0.05, 0) is 44.9 Å². The molecule has 1 amide bonds. The quantitative estimate of drug-likeness (QED) is 0.0325. The van der Waals surface area contributed by atoms with Gasteiger partial charge >= 0.3 is 5.97 Å². The summed E-state index contributed by atoms with van der Waals surface area (Å²) < 4.78 is 5.88. The van der Waals surface area contributed by atoms with Crippen molar-refractivity contribution in [3.63, 3.8) is 0 Å². The van der Waals surface area contributed by atoms with Gasteiger partial charge in [-0.1, -0.05) is 223 Å². The lowest BCUT2D eigenvalue weighted by molar-refractivity contribution is -0.151. The maximum absolute atomic E-state index is 13.1. The number of aliphatic hydroxyl groups excluding tert-OH is 2. The van der Waals surface area contributed by atoms with E-state index in [0.717, 1.165) is 70.6 Å². The van der Waals surface area contributed by atoms with Crippen molar-refractivity contribution in [3.8, 4) is 0 Å². The van der Waals surface area contributed by atoms with E-state index in [1.54, 1.807) is 0 Å². The highest BCUT2D eigenvalue weighted by molar-refractivity contribution is 5.77.